The summed E-state index contributed by atoms with van der Waals surface area (Å²) in [6, 6.07) is 1.74. The minimum atomic E-state index is 0.0479. The van der Waals surface area contributed by atoms with Crippen LogP contribution >= 0.6 is 0 Å². The van der Waals surface area contributed by atoms with Crippen molar-refractivity contribution in [3.63, 3.8) is 0 Å². The molecule has 0 bridgehead atoms. The summed E-state index contributed by atoms with van der Waals surface area (Å²) in [5.74, 6) is 0.460. The van der Waals surface area contributed by atoms with Crippen molar-refractivity contribution >= 4 is 5.82 Å². The molecule has 0 aliphatic carbocycles. The summed E-state index contributed by atoms with van der Waals surface area (Å²) in [6.45, 7) is 0.806. The standard InChI is InChI=1S/C12H15N5O/c13-11-5-10(14-8-15-11)9-6-16-17(7-9)12-3-1-2-4-18-12/h5-8,12H,1-4H2,(H2,13,14,15). The molecule has 2 N–H and O–H groups in total. The number of ether oxygens (including phenoxy) is 1. The Bertz CT molecular complexity index is 533. The van der Waals surface area contributed by atoms with Crippen molar-refractivity contribution in [1.29, 1.82) is 0 Å². The lowest BCUT2D eigenvalue weighted by Gasteiger charge is -2.22. The van der Waals surface area contributed by atoms with Gasteiger partial charge in [-0.05, 0) is 19.3 Å². The van der Waals surface area contributed by atoms with E-state index in [1.807, 2.05) is 10.9 Å². The maximum Gasteiger partial charge on any atom is 0.150 e. The zero-order chi connectivity index (χ0) is 12.4. The molecule has 1 atom stereocenters. The number of anilines is 1. The molecular formula is C12H15N5O. The Labute approximate surface area is 105 Å². The van der Waals surface area contributed by atoms with E-state index in [1.54, 1.807) is 12.3 Å². The van der Waals surface area contributed by atoms with Gasteiger partial charge in [-0.25, -0.2) is 14.6 Å². The summed E-state index contributed by atoms with van der Waals surface area (Å²) in [5.41, 5.74) is 7.35. The molecule has 1 aliphatic heterocycles. The molecule has 94 valence electrons. The fraction of sp³-hybridized carbons (Fsp3) is 0.417. The molecule has 18 heavy (non-hydrogen) atoms. The molecule has 2 aromatic rings. The number of hydrogen-bond donors (Lipinski definition) is 1. The molecule has 0 radical (unpaired) electrons. The third kappa shape index (κ3) is 2.19. The average molecular weight is 245 g/mol. The summed E-state index contributed by atoms with van der Waals surface area (Å²) < 4.78 is 7.53. The van der Waals surface area contributed by atoms with Crippen LogP contribution in [0.25, 0.3) is 11.3 Å². The Hall–Kier alpha value is -1.95. The van der Waals surface area contributed by atoms with Gasteiger partial charge >= 0.3 is 0 Å². The summed E-state index contributed by atoms with van der Waals surface area (Å²) >= 11 is 0. The van der Waals surface area contributed by atoms with Crippen molar-refractivity contribution in [2.75, 3.05) is 12.3 Å². The molecule has 3 rings (SSSR count). The molecule has 6 nitrogen and oxygen atoms in total. The Morgan fingerprint density at radius 1 is 1.33 bits per heavy atom. The average Bonchev–Trinajstić information content (AvgIpc) is 2.89. The van der Waals surface area contributed by atoms with Crippen LogP contribution in [0.2, 0.25) is 0 Å². The highest BCUT2D eigenvalue weighted by Crippen LogP contribution is 2.24. The van der Waals surface area contributed by atoms with E-state index in [0.717, 1.165) is 30.7 Å². The van der Waals surface area contributed by atoms with Gasteiger partial charge in [-0.15, -0.1) is 0 Å². The third-order valence-electron chi connectivity index (χ3n) is 3.04. The zero-order valence-electron chi connectivity index (χ0n) is 9.99. The van der Waals surface area contributed by atoms with Crippen molar-refractivity contribution in [2.45, 2.75) is 25.5 Å². The van der Waals surface area contributed by atoms with Crippen LogP contribution in [-0.4, -0.2) is 26.4 Å². The lowest BCUT2D eigenvalue weighted by atomic mass is 10.2. The van der Waals surface area contributed by atoms with Crippen LogP contribution in [0.4, 0.5) is 5.82 Å². The van der Waals surface area contributed by atoms with E-state index >= 15 is 0 Å². The largest absolute Gasteiger partial charge is 0.384 e. The highest BCUT2D eigenvalue weighted by molar-refractivity contribution is 5.59. The summed E-state index contributed by atoms with van der Waals surface area (Å²) in [4.78, 5) is 8.06. The molecule has 1 saturated heterocycles. The van der Waals surface area contributed by atoms with Gasteiger partial charge in [0.25, 0.3) is 0 Å². The quantitative estimate of drug-likeness (QED) is 0.869. The fourth-order valence-electron chi connectivity index (χ4n) is 2.09. The molecule has 0 amide bonds. The Morgan fingerprint density at radius 3 is 3.06 bits per heavy atom. The first-order valence-electron chi connectivity index (χ1n) is 6.06. The number of rotatable bonds is 2. The minimum Gasteiger partial charge on any atom is -0.384 e. The maximum absolute atomic E-state index is 5.68. The topological polar surface area (TPSA) is 78.8 Å². The van der Waals surface area contributed by atoms with Crippen molar-refractivity contribution in [3.8, 4) is 11.3 Å². The summed E-state index contributed by atoms with van der Waals surface area (Å²) in [5, 5.41) is 4.34. The van der Waals surface area contributed by atoms with Gasteiger partial charge < -0.3 is 10.5 Å². The van der Waals surface area contributed by atoms with Gasteiger partial charge in [-0.1, -0.05) is 0 Å². The van der Waals surface area contributed by atoms with Crippen LogP contribution in [-0.2, 0) is 4.74 Å². The second-order valence-corrected chi connectivity index (χ2v) is 4.36. The Kier molecular flexibility index (Phi) is 2.93. The van der Waals surface area contributed by atoms with E-state index < -0.39 is 0 Å². The van der Waals surface area contributed by atoms with Crippen LogP contribution in [0.1, 0.15) is 25.5 Å². The Balaban J connectivity index is 1.84. The van der Waals surface area contributed by atoms with E-state index in [0.29, 0.717) is 5.82 Å². The molecule has 3 heterocycles. The molecule has 1 unspecified atom stereocenters. The van der Waals surface area contributed by atoms with Gasteiger partial charge in [-0.2, -0.15) is 5.10 Å². The monoisotopic (exact) mass is 245 g/mol. The van der Waals surface area contributed by atoms with Gasteiger partial charge in [-0.3, -0.25) is 0 Å². The van der Waals surface area contributed by atoms with E-state index in [2.05, 4.69) is 15.1 Å². The van der Waals surface area contributed by atoms with Crippen molar-refractivity contribution in [3.05, 3.63) is 24.8 Å². The van der Waals surface area contributed by atoms with Gasteiger partial charge in [0.15, 0.2) is 0 Å². The molecule has 1 aliphatic rings. The SMILES string of the molecule is Nc1cc(-c2cnn(C3CCCCO3)c2)ncn1. The van der Waals surface area contributed by atoms with Crippen LogP contribution in [0.5, 0.6) is 0 Å². The van der Waals surface area contributed by atoms with E-state index in [1.165, 1.54) is 12.7 Å². The minimum absolute atomic E-state index is 0.0479. The number of aromatic nitrogens is 4. The van der Waals surface area contributed by atoms with E-state index in [4.69, 9.17) is 10.5 Å². The van der Waals surface area contributed by atoms with Gasteiger partial charge in [0.05, 0.1) is 11.9 Å². The summed E-state index contributed by atoms with van der Waals surface area (Å²) in [7, 11) is 0. The molecule has 6 heteroatoms. The molecular weight excluding hydrogens is 230 g/mol. The lowest BCUT2D eigenvalue weighted by molar-refractivity contribution is -0.0394. The van der Waals surface area contributed by atoms with Gasteiger partial charge in [0.1, 0.15) is 18.4 Å². The molecule has 2 aromatic heterocycles. The van der Waals surface area contributed by atoms with Crippen molar-refractivity contribution < 1.29 is 4.74 Å². The highest BCUT2D eigenvalue weighted by Gasteiger charge is 2.17. The van der Waals surface area contributed by atoms with Gasteiger partial charge in [0.2, 0.25) is 0 Å². The van der Waals surface area contributed by atoms with Gasteiger partial charge in [0, 0.05) is 24.4 Å². The maximum atomic E-state index is 5.68. The van der Waals surface area contributed by atoms with E-state index in [-0.39, 0.29) is 6.23 Å². The fourth-order valence-corrected chi connectivity index (χ4v) is 2.09. The zero-order valence-corrected chi connectivity index (χ0v) is 9.99. The van der Waals surface area contributed by atoms with Crippen molar-refractivity contribution in [2.24, 2.45) is 0 Å². The smallest absolute Gasteiger partial charge is 0.150 e. The van der Waals surface area contributed by atoms with Crippen LogP contribution < -0.4 is 5.73 Å². The first-order valence-corrected chi connectivity index (χ1v) is 6.06. The Morgan fingerprint density at radius 2 is 2.28 bits per heavy atom. The molecule has 1 fully saturated rings. The first kappa shape index (κ1) is 11.2. The molecule has 0 aromatic carbocycles. The second kappa shape index (κ2) is 4.73. The van der Waals surface area contributed by atoms with Crippen LogP contribution in [0, 0.1) is 0 Å². The van der Waals surface area contributed by atoms with Crippen LogP contribution in [0.3, 0.4) is 0 Å². The number of nitrogens with two attached hydrogens (primary N) is 1. The molecule has 0 spiro atoms. The summed E-state index contributed by atoms with van der Waals surface area (Å²) in [6.07, 6.45) is 8.54. The first-order chi connectivity index (χ1) is 8.83. The second-order valence-electron chi connectivity index (χ2n) is 4.36. The van der Waals surface area contributed by atoms with Crippen molar-refractivity contribution in [1.82, 2.24) is 19.7 Å². The highest BCUT2D eigenvalue weighted by atomic mass is 16.5. The third-order valence-corrected chi connectivity index (χ3v) is 3.04. The number of nitrogen functional groups attached to an aromatic ring is 1. The van der Waals surface area contributed by atoms with E-state index in [9.17, 15) is 0 Å². The van der Waals surface area contributed by atoms with Crippen LogP contribution in [0.15, 0.2) is 24.8 Å². The predicted octanol–water partition coefficient (Wildman–Crippen LogP) is 1.62. The number of nitrogens with zero attached hydrogens (tertiary/aromatic N) is 4. The normalized spacial score (nSPS) is 19.9. The predicted molar refractivity (Wildman–Crippen MR) is 66.5 cm³/mol. The number of hydrogen-bond acceptors (Lipinski definition) is 5. The molecule has 0 saturated carbocycles. The lowest BCUT2D eigenvalue weighted by Crippen LogP contribution is -2.18.